The van der Waals surface area contributed by atoms with E-state index in [1.807, 2.05) is 13.0 Å². The zero-order valence-electron chi connectivity index (χ0n) is 11.6. The number of anilines is 1. The predicted octanol–water partition coefficient (Wildman–Crippen LogP) is 3.83. The molecule has 20 heavy (non-hydrogen) atoms. The first-order valence-electron chi connectivity index (χ1n) is 7.04. The van der Waals surface area contributed by atoms with Crippen LogP contribution in [-0.2, 0) is 0 Å². The van der Waals surface area contributed by atoms with Gasteiger partial charge in [0.05, 0.1) is 0 Å². The normalized spacial score (nSPS) is 15.7. The molecule has 0 atom stereocenters. The van der Waals surface area contributed by atoms with Crippen molar-refractivity contribution in [3.8, 4) is 11.4 Å². The Kier molecular flexibility index (Phi) is 3.38. The Morgan fingerprint density at radius 2 is 1.90 bits per heavy atom. The van der Waals surface area contributed by atoms with Gasteiger partial charge in [-0.15, -0.1) is 0 Å². The van der Waals surface area contributed by atoms with Crippen LogP contribution in [0.15, 0.2) is 24.3 Å². The van der Waals surface area contributed by atoms with Crippen LogP contribution in [0.5, 0.6) is 0 Å². The number of hydrogen-bond acceptors (Lipinski definition) is 3. The molecule has 0 bridgehead atoms. The number of nitrogen functional groups attached to an aromatic ring is 1. The summed E-state index contributed by atoms with van der Waals surface area (Å²) < 4.78 is 13.4. The van der Waals surface area contributed by atoms with Gasteiger partial charge in [0.1, 0.15) is 11.6 Å². The molecule has 3 rings (SSSR count). The summed E-state index contributed by atoms with van der Waals surface area (Å²) >= 11 is 0. The van der Waals surface area contributed by atoms with E-state index in [1.54, 1.807) is 6.07 Å². The zero-order valence-corrected chi connectivity index (χ0v) is 11.6. The first kappa shape index (κ1) is 13.0. The quantitative estimate of drug-likeness (QED) is 0.903. The van der Waals surface area contributed by atoms with Gasteiger partial charge >= 0.3 is 0 Å². The molecular weight excluding hydrogens is 253 g/mol. The van der Waals surface area contributed by atoms with Gasteiger partial charge in [-0.05, 0) is 37.5 Å². The molecule has 0 radical (unpaired) electrons. The van der Waals surface area contributed by atoms with Crippen LogP contribution < -0.4 is 5.73 Å². The van der Waals surface area contributed by atoms with Crippen molar-refractivity contribution in [3.05, 3.63) is 41.3 Å². The smallest absolute Gasteiger partial charge is 0.162 e. The molecule has 2 aromatic rings. The fourth-order valence-electron chi connectivity index (χ4n) is 2.87. The summed E-state index contributed by atoms with van der Waals surface area (Å²) in [6, 6.07) is 6.52. The molecule has 0 unspecified atom stereocenters. The molecule has 1 aliphatic rings. The minimum absolute atomic E-state index is 0.279. The number of hydrogen-bond donors (Lipinski definition) is 1. The second-order valence-electron chi connectivity index (χ2n) is 5.48. The summed E-state index contributed by atoms with van der Waals surface area (Å²) in [6.07, 6.45) is 4.78. The van der Waals surface area contributed by atoms with E-state index >= 15 is 0 Å². The summed E-state index contributed by atoms with van der Waals surface area (Å²) in [7, 11) is 0. The first-order chi connectivity index (χ1) is 9.63. The van der Waals surface area contributed by atoms with E-state index in [-0.39, 0.29) is 5.82 Å². The van der Waals surface area contributed by atoms with E-state index in [0.29, 0.717) is 17.6 Å². The van der Waals surface area contributed by atoms with Crippen molar-refractivity contribution in [1.82, 2.24) is 9.97 Å². The third-order valence-electron chi connectivity index (χ3n) is 3.98. The summed E-state index contributed by atoms with van der Waals surface area (Å²) in [5, 5.41) is 0. The molecule has 1 aliphatic carbocycles. The third kappa shape index (κ3) is 2.50. The standard InChI is InChI=1S/C16H18FN3/c1-10-6-7-12(17)8-13(10)16-19-14(9-15(18)20-16)11-4-2-3-5-11/h6-9,11H,2-5H2,1H3,(H2,18,19,20). The van der Waals surface area contributed by atoms with Crippen LogP contribution in [0, 0.1) is 12.7 Å². The van der Waals surface area contributed by atoms with Crippen LogP contribution in [0.2, 0.25) is 0 Å². The maximum absolute atomic E-state index is 13.4. The molecule has 0 amide bonds. The lowest BCUT2D eigenvalue weighted by Gasteiger charge is -2.12. The van der Waals surface area contributed by atoms with Crippen molar-refractivity contribution >= 4 is 5.82 Å². The molecule has 0 spiro atoms. The number of nitrogens with two attached hydrogens (primary N) is 1. The van der Waals surface area contributed by atoms with Crippen molar-refractivity contribution in [2.45, 2.75) is 38.5 Å². The molecule has 1 aromatic carbocycles. The average molecular weight is 271 g/mol. The van der Waals surface area contributed by atoms with E-state index in [0.717, 1.165) is 29.7 Å². The van der Waals surface area contributed by atoms with Gasteiger partial charge in [0.2, 0.25) is 0 Å². The van der Waals surface area contributed by atoms with Gasteiger partial charge in [-0.1, -0.05) is 18.9 Å². The molecule has 2 N–H and O–H groups in total. The summed E-state index contributed by atoms with van der Waals surface area (Å²) in [5.41, 5.74) is 8.57. The van der Waals surface area contributed by atoms with Crippen molar-refractivity contribution in [3.63, 3.8) is 0 Å². The summed E-state index contributed by atoms with van der Waals surface area (Å²) in [5.74, 6) is 1.18. The molecular formula is C16H18FN3. The third-order valence-corrected chi connectivity index (χ3v) is 3.98. The molecule has 1 fully saturated rings. The Morgan fingerprint density at radius 3 is 2.65 bits per heavy atom. The lowest BCUT2D eigenvalue weighted by molar-refractivity contribution is 0.627. The van der Waals surface area contributed by atoms with Crippen LogP contribution in [0.1, 0.15) is 42.9 Å². The Labute approximate surface area is 118 Å². The van der Waals surface area contributed by atoms with Crippen LogP contribution in [0.3, 0.4) is 0 Å². The molecule has 0 aliphatic heterocycles. The Morgan fingerprint density at radius 1 is 1.15 bits per heavy atom. The van der Waals surface area contributed by atoms with Crippen LogP contribution in [-0.4, -0.2) is 9.97 Å². The van der Waals surface area contributed by atoms with Crippen LogP contribution in [0.25, 0.3) is 11.4 Å². The van der Waals surface area contributed by atoms with Gasteiger partial charge in [0.25, 0.3) is 0 Å². The Bertz CT molecular complexity index is 634. The van der Waals surface area contributed by atoms with Gasteiger partial charge < -0.3 is 5.73 Å². The fraction of sp³-hybridized carbons (Fsp3) is 0.375. The number of aryl methyl sites for hydroxylation is 1. The Balaban J connectivity index is 2.06. The second kappa shape index (κ2) is 5.19. The van der Waals surface area contributed by atoms with Gasteiger partial charge in [0.15, 0.2) is 5.82 Å². The van der Waals surface area contributed by atoms with E-state index in [4.69, 9.17) is 5.73 Å². The van der Waals surface area contributed by atoms with E-state index in [1.165, 1.54) is 25.0 Å². The van der Waals surface area contributed by atoms with Gasteiger partial charge in [-0.25, -0.2) is 14.4 Å². The van der Waals surface area contributed by atoms with E-state index in [9.17, 15) is 4.39 Å². The minimum Gasteiger partial charge on any atom is -0.384 e. The zero-order chi connectivity index (χ0) is 14.1. The lowest BCUT2D eigenvalue weighted by atomic mass is 10.0. The van der Waals surface area contributed by atoms with Crippen molar-refractivity contribution in [2.75, 3.05) is 5.73 Å². The van der Waals surface area contributed by atoms with Crippen molar-refractivity contribution in [2.24, 2.45) is 0 Å². The maximum Gasteiger partial charge on any atom is 0.162 e. The molecule has 4 heteroatoms. The van der Waals surface area contributed by atoms with Gasteiger partial charge in [-0.2, -0.15) is 0 Å². The van der Waals surface area contributed by atoms with Crippen LogP contribution >= 0.6 is 0 Å². The molecule has 1 saturated carbocycles. The molecule has 104 valence electrons. The molecule has 3 nitrogen and oxygen atoms in total. The molecule has 1 heterocycles. The van der Waals surface area contributed by atoms with Crippen molar-refractivity contribution in [1.29, 1.82) is 0 Å². The van der Waals surface area contributed by atoms with Gasteiger partial charge in [0, 0.05) is 23.2 Å². The monoisotopic (exact) mass is 271 g/mol. The predicted molar refractivity (Wildman–Crippen MR) is 77.8 cm³/mol. The molecule has 0 saturated heterocycles. The van der Waals surface area contributed by atoms with Gasteiger partial charge in [-0.3, -0.25) is 0 Å². The highest BCUT2D eigenvalue weighted by molar-refractivity contribution is 5.61. The maximum atomic E-state index is 13.4. The fourth-order valence-corrected chi connectivity index (χ4v) is 2.87. The van der Waals surface area contributed by atoms with E-state index in [2.05, 4.69) is 9.97 Å². The lowest BCUT2D eigenvalue weighted by Crippen LogP contribution is -2.04. The summed E-state index contributed by atoms with van der Waals surface area (Å²) in [6.45, 7) is 1.93. The van der Waals surface area contributed by atoms with E-state index < -0.39 is 0 Å². The highest BCUT2D eigenvalue weighted by atomic mass is 19.1. The summed E-state index contributed by atoms with van der Waals surface area (Å²) in [4.78, 5) is 8.91. The number of nitrogens with zero attached hydrogens (tertiary/aromatic N) is 2. The highest BCUT2D eigenvalue weighted by Crippen LogP contribution is 2.34. The first-order valence-corrected chi connectivity index (χ1v) is 7.04. The topological polar surface area (TPSA) is 51.8 Å². The average Bonchev–Trinajstić information content (AvgIpc) is 2.95. The Hall–Kier alpha value is -1.97. The van der Waals surface area contributed by atoms with Crippen LogP contribution in [0.4, 0.5) is 10.2 Å². The molecule has 1 aromatic heterocycles. The largest absolute Gasteiger partial charge is 0.384 e. The second-order valence-corrected chi connectivity index (χ2v) is 5.48. The SMILES string of the molecule is Cc1ccc(F)cc1-c1nc(N)cc(C2CCCC2)n1. The minimum atomic E-state index is -0.279. The number of benzene rings is 1. The number of rotatable bonds is 2. The number of aromatic nitrogens is 2. The highest BCUT2D eigenvalue weighted by Gasteiger charge is 2.20. The number of halogens is 1. The van der Waals surface area contributed by atoms with Crippen molar-refractivity contribution < 1.29 is 4.39 Å².